The first-order valence-corrected chi connectivity index (χ1v) is 8.92. The fourth-order valence-electron chi connectivity index (χ4n) is 2.73. The lowest BCUT2D eigenvalue weighted by Gasteiger charge is -2.09. The maximum atomic E-state index is 11.4. The number of anilines is 1. The normalized spacial score (nSPS) is 10.7. The number of benzene rings is 1. The highest BCUT2D eigenvalue weighted by atomic mass is 16.6. The Hall–Kier alpha value is -3.22. The van der Waals surface area contributed by atoms with E-state index in [1.165, 1.54) is 0 Å². The Morgan fingerprint density at radius 2 is 1.81 bits per heavy atom. The maximum absolute atomic E-state index is 11.4. The van der Waals surface area contributed by atoms with Gasteiger partial charge in [-0.05, 0) is 49.7 Å². The number of rotatable bonds is 7. The molecule has 27 heavy (non-hydrogen) atoms. The van der Waals surface area contributed by atoms with Crippen LogP contribution in [0.3, 0.4) is 0 Å². The number of fused-ring (bicyclic) bond motifs is 1. The number of esters is 1. The second kappa shape index (κ2) is 8.44. The lowest BCUT2D eigenvalue weighted by Crippen LogP contribution is -2.14. The van der Waals surface area contributed by atoms with E-state index in [9.17, 15) is 4.79 Å². The van der Waals surface area contributed by atoms with E-state index in [0.29, 0.717) is 12.4 Å². The van der Waals surface area contributed by atoms with Crippen molar-refractivity contribution in [3.63, 3.8) is 0 Å². The van der Waals surface area contributed by atoms with E-state index in [1.54, 1.807) is 19.1 Å². The summed E-state index contributed by atoms with van der Waals surface area (Å²) in [4.78, 5) is 24.7. The molecule has 0 aliphatic rings. The predicted molar refractivity (Wildman–Crippen MR) is 103 cm³/mol. The molecule has 7 nitrogen and oxygen atoms in total. The molecule has 0 unspecified atom stereocenters. The van der Waals surface area contributed by atoms with E-state index in [1.807, 2.05) is 24.3 Å². The standard InChI is InChI=1S/C20H22N4O3/c1-3-5-16-19-17(24-20(21)23-16)11-10-15(22-19)13-6-8-14(9-7-13)27-12-18(25)26-4-2/h6-11H,3-5,12H2,1-2H3,(H2,21,23,24). The van der Waals surface area contributed by atoms with Crippen molar-refractivity contribution in [2.45, 2.75) is 26.7 Å². The zero-order valence-corrected chi connectivity index (χ0v) is 15.4. The Kier molecular flexibility index (Phi) is 5.80. The fraction of sp³-hybridized carbons (Fsp3) is 0.300. The molecule has 0 amide bonds. The van der Waals surface area contributed by atoms with Crippen molar-refractivity contribution in [1.82, 2.24) is 15.0 Å². The van der Waals surface area contributed by atoms with Gasteiger partial charge in [0.2, 0.25) is 5.95 Å². The zero-order chi connectivity index (χ0) is 19.2. The summed E-state index contributed by atoms with van der Waals surface area (Å²) in [5, 5.41) is 0. The molecule has 0 spiro atoms. The number of aryl methyl sites for hydroxylation is 1. The van der Waals surface area contributed by atoms with E-state index in [0.717, 1.165) is 40.8 Å². The molecule has 140 valence electrons. The molecule has 2 aromatic heterocycles. The second-order valence-electron chi connectivity index (χ2n) is 5.96. The van der Waals surface area contributed by atoms with Crippen LogP contribution in [0.1, 0.15) is 26.0 Å². The minimum absolute atomic E-state index is 0.111. The Balaban J connectivity index is 1.83. The third-order valence-electron chi connectivity index (χ3n) is 3.93. The number of aromatic nitrogens is 3. The third kappa shape index (κ3) is 4.49. The Labute approximate surface area is 157 Å². The summed E-state index contributed by atoms with van der Waals surface area (Å²) in [6.07, 6.45) is 1.74. The summed E-state index contributed by atoms with van der Waals surface area (Å²) in [6.45, 7) is 4.07. The van der Waals surface area contributed by atoms with Crippen molar-refractivity contribution < 1.29 is 14.3 Å². The Bertz CT molecular complexity index is 942. The highest BCUT2D eigenvalue weighted by molar-refractivity contribution is 5.81. The number of ether oxygens (including phenoxy) is 2. The summed E-state index contributed by atoms with van der Waals surface area (Å²) in [5.41, 5.74) is 9.90. The van der Waals surface area contributed by atoms with Crippen LogP contribution >= 0.6 is 0 Å². The Morgan fingerprint density at radius 3 is 2.52 bits per heavy atom. The van der Waals surface area contributed by atoms with Gasteiger partial charge in [-0.15, -0.1) is 0 Å². The Morgan fingerprint density at radius 1 is 1.04 bits per heavy atom. The van der Waals surface area contributed by atoms with Crippen molar-refractivity contribution in [1.29, 1.82) is 0 Å². The number of nitrogens with two attached hydrogens (primary N) is 1. The topological polar surface area (TPSA) is 100 Å². The molecule has 2 heterocycles. The summed E-state index contributed by atoms with van der Waals surface area (Å²) in [6, 6.07) is 11.2. The summed E-state index contributed by atoms with van der Waals surface area (Å²) >= 11 is 0. The van der Waals surface area contributed by atoms with Crippen LogP contribution in [0.25, 0.3) is 22.3 Å². The van der Waals surface area contributed by atoms with Gasteiger partial charge in [-0.25, -0.2) is 19.7 Å². The number of nitrogen functional groups attached to an aromatic ring is 1. The fourth-order valence-corrected chi connectivity index (χ4v) is 2.73. The van der Waals surface area contributed by atoms with Gasteiger partial charge in [-0.1, -0.05) is 13.3 Å². The largest absolute Gasteiger partial charge is 0.482 e. The van der Waals surface area contributed by atoms with E-state index in [2.05, 4.69) is 16.9 Å². The van der Waals surface area contributed by atoms with Crippen LogP contribution in [0, 0.1) is 0 Å². The van der Waals surface area contributed by atoms with Crippen molar-refractivity contribution in [3.05, 3.63) is 42.1 Å². The molecule has 0 saturated heterocycles. The van der Waals surface area contributed by atoms with E-state index >= 15 is 0 Å². The third-order valence-corrected chi connectivity index (χ3v) is 3.93. The number of carbonyl (C=O) groups is 1. The van der Waals surface area contributed by atoms with Gasteiger partial charge >= 0.3 is 5.97 Å². The summed E-state index contributed by atoms with van der Waals surface area (Å²) in [7, 11) is 0. The van der Waals surface area contributed by atoms with E-state index in [4.69, 9.17) is 20.2 Å². The van der Waals surface area contributed by atoms with Gasteiger partial charge in [0.1, 0.15) is 11.3 Å². The maximum Gasteiger partial charge on any atom is 0.344 e. The van der Waals surface area contributed by atoms with Crippen LogP contribution in [0.2, 0.25) is 0 Å². The minimum Gasteiger partial charge on any atom is -0.482 e. The van der Waals surface area contributed by atoms with Crippen LogP contribution in [-0.2, 0) is 16.0 Å². The van der Waals surface area contributed by atoms with Crippen molar-refractivity contribution >= 4 is 23.0 Å². The van der Waals surface area contributed by atoms with Gasteiger partial charge in [0.25, 0.3) is 0 Å². The first-order valence-electron chi connectivity index (χ1n) is 8.92. The molecule has 0 radical (unpaired) electrons. The summed E-state index contributed by atoms with van der Waals surface area (Å²) < 4.78 is 10.3. The molecule has 3 rings (SSSR count). The van der Waals surface area contributed by atoms with Crippen molar-refractivity contribution in [2.75, 3.05) is 18.9 Å². The quantitative estimate of drug-likeness (QED) is 0.641. The molecule has 0 bridgehead atoms. The van der Waals surface area contributed by atoms with Gasteiger partial charge in [0.05, 0.1) is 23.5 Å². The smallest absolute Gasteiger partial charge is 0.344 e. The second-order valence-corrected chi connectivity index (χ2v) is 5.96. The number of carbonyl (C=O) groups excluding carboxylic acids is 1. The number of hydrogen-bond donors (Lipinski definition) is 1. The molecule has 7 heteroatoms. The number of pyridine rings is 1. The SMILES string of the molecule is CCCc1nc(N)nc2ccc(-c3ccc(OCC(=O)OCC)cc3)nc12. The molecular formula is C20H22N4O3. The van der Waals surface area contributed by atoms with Crippen molar-refractivity contribution in [2.24, 2.45) is 0 Å². The highest BCUT2D eigenvalue weighted by Gasteiger charge is 2.10. The van der Waals surface area contributed by atoms with Crippen molar-refractivity contribution in [3.8, 4) is 17.0 Å². The van der Waals surface area contributed by atoms with E-state index in [-0.39, 0.29) is 18.5 Å². The molecule has 0 atom stereocenters. The van der Waals surface area contributed by atoms with Gasteiger partial charge in [0, 0.05) is 5.56 Å². The molecule has 3 aromatic rings. The van der Waals surface area contributed by atoms with Crippen LogP contribution in [0.4, 0.5) is 5.95 Å². The average Bonchev–Trinajstić information content (AvgIpc) is 2.67. The van der Waals surface area contributed by atoms with Crippen LogP contribution in [0.15, 0.2) is 36.4 Å². The van der Waals surface area contributed by atoms with Gasteiger partial charge in [-0.3, -0.25) is 0 Å². The van der Waals surface area contributed by atoms with Crippen LogP contribution < -0.4 is 10.5 Å². The lowest BCUT2D eigenvalue weighted by atomic mass is 10.1. The zero-order valence-electron chi connectivity index (χ0n) is 15.4. The predicted octanol–water partition coefficient (Wildman–Crippen LogP) is 3.17. The minimum atomic E-state index is -0.388. The first kappa shape index (κ1) is 18.6. The number of hydrogen-bond acceptors (Lipinski definition) is 7. The van der Waals surface area contributed by atoms with E-state index < -0.39 is 0 Å². The lowest BCUT2D eigenvalue weighted by molar-refractivity contribution is -0.145. The average molecular weight is 366 g/mol. The van der Waals surface area contributed by atoms with Gasteiger partial charge in [-0.2, -0.15) is 0 Å². The molecular weight excluding hydrogens is 344 g/mol. The van der Waals surface area contributed by atoms with Gasteiger partial charge < -0.3 is 15.2 Å². The monoisotopic (exact) mass is 366 g/mol. The molecule has 2 N–H and O–H groups in total. The summed E-state index contributed by atoms with van der Waals surface area (Å²) in [5.74, 6) is 0.472. The van der Waals surface area contributed by atoms with Gasteiger partial charge in [0.15, 0.2) is 6.61 Å². The molecule has 0 fully saturated rings. The first-order chi connectivity index (χ1) is 13.1. The molecule has 0 aliphatic heterocycles. The molecule has 1 aromatic carbocycles. The number of nitrogens with zero attached hydrogens (tertiary/aromatic N) is 3. The van der Waals surface area contributed by atoms with Crippen LogP contribution in [0.5, 0.6) is 5.75 Å². The molecule has 0 aliphatic carbocycles. The highest BCUT2D eigenvalue weighted by Crippen LogP contribution is 2.24. The molecule has 0 saturated carbocycles. The van der Waals surface area contributed by atoms with Crippen LogP contribution in [-0.4, -0.2) is 34.1 Å².